The van der Waals surface area contributed by atoms with Crippen LogP contribution in [0.5, 0.6) is 0 Å². The molecule has 0 radical (unpaired) electrons. The number of amides is 2. The number of H-pyrrole nitrogens is 1. The van der Waals surface area contributed by atoms with Gasteiger partial charge in [0.25, 0.3) is 11.8 Å². The van der Waals surface area contributed by atoms with E-state index in [-0.39, 0.29) is 11.8 Å². The Morgan fingerprint density at radius 1 is 1.00 bits per heavy atom. The fraction of sp³-hybridized carbons (Fsp3) is 0. The van der Waals surface area contributed by atoms with E-state index >= 15 is 0 Å². The smallest absolute Gasteiger partial charge is 0.250 e. The maximum Gasteiger partial charge on any atom is 0.250 e. The van der Waals surface area contributed by atoms with E-state index in [9.17, 15) is 9.59 Å². The second-order valence-electron chi connectivity index (χ2n) is 3.14. The van der Waals surface area contributed by atoms with Gasteiger partial charge in [0, 0.05) is 17.5 Å². The standard InChI is InChI=1S/C7H6N2.C4H3NO2/c1-2-4-7-6(3-1)5-8-9-7;6-3-1-2-4(7)5-3/h1-5H,(H,8,9);1-2H,(H,5,6,7). The number of imide groups is 1. The summed E-state index contributed by atoms with van der Waals surface area (Å²) in [7, 11) is 0. The van der Waals surface area contributed by atoms with Crippen molar-refractivity contribution in [2.24, 2.45) is 0 Å². The third-order valence-corrected chi connectivity index (χ3v) is 1.98. The molecule has 2 aromatic rings. The molecule has 0 saturated carbocycles. The molecule has 16 heavy (non-hydrogen) atoms. The van der Waals surface area contributed by atoms with E-state index in [4.69, 9.17) is 0 Å². The zero-order chi connectivity index (χ0) is 11.4. The molecular weight excluding hydrogens is 206 g/mol. The number of aromatic amines is 1. The van der Waals surface area contributed by atoms with E-state index in [2.05, 4.69) is 10.2 Å². The lowest BCUT2D eigenvalue weighted by atomic mass is 10.3. The van der Waals surface area contributed by atoms with Gasteiger partial charge in [-0.1, -0.05) is 18.2 Å². The van der Waals surface area contributed by atoms with Gasteiger partial charge >= 0.3 is 0 Å². The SMILES string of the molecule is O=C1C=CC(=O)N1.c1ccc2[nH]ncc2c1. The fourth-order valence-electron chi connectivity index (χ4n) is 1.24. The summed E-state index contributed by atoms with van der Waals surface area (Å²) in [5, 5.41) is 9.94. The van der Waals surface area contributed by atoms with Gasteiger partial charge in [0.15, 0.2) is 0 Å². The van der Waals surface area contributed by atoms with Crippen LogP contribution in [0, 0.1) is 0 Å². The van der Waals surface area contributed by atoms with Crippen LogP contribution in [0.15, 0.2) is 42.6 Å². The van der Waals surface area contributed by atoms with Gasteiger partial charge < -0.3 is 0 Å². The van der Waals surface area contributed by atoms with Gasteiger partial charge in [-0.25, -0.2) is 0 Å². The Bertz CT molecular complexity index is 511. The molecule has 0 aliphatic carbocycles. The first-order valence-corrected chi connectivity index (χ1v) is 4.67. The van der Waals surface area contributed by atoms with Crippen molar-refractivity contribution in [2.45, 2.75) is 0 Å². The van der Waals surface area contributed by atoms with Crippen LogP contribution in [-0.2, 0) is 9.59 Å². The topological polar surface area (TPSA) is 74.8 Å². The molecular formula is C11H9N3O2. The van der Waals surface area contributed by atoms with Gasteiger partial charge in [-0.2, -0.15) is 5.10 Å². The largest absolute Gasteiger partial charge is 0.289 e. The summed E-state index contributed by atoms with van der Waals surface area (Å²) < 4.78 is 0. The van der Waals surface area contributed by atoms with Crippen molar-refractivity contribution in [3.8, 4) is 0 Å². The Hall–Kier alpha value is -2.43. The molecule has 1 aliphatic heterocycles. The Balaban J connectivity index is 0.000000125. The molecule has 2 heterocycles. The number of carbonyl (C=O) groups is 2. The highest BCUT2D eigenvalue weighted by Crippen LogP contribution is 2.06. The van der Waals surface area contributed by atoms with Crippen molar-refractivity contribution in [1.82, 2.24) is 15.5 Å². The summed E-state index contributed by atoms with van der Waals surface area (Å²) in [5.74, 6) is -0.657. The number of nitrogens with zero attached hydrogens (tertiary/aromatic N) is 1. The summed E-state index contributed by atoms with van der Waals surface area (Å²) in [6, 6.07) is 8.01. The molecule has 1 aliphatic rings. The van der Waals surface area contributed by atoms with Crippen molar-refractivity contribution in [2.75, 3.05) is 0 Å². The Morgan fingerprint density at radius 2 is 1.69 bits per heavy atom. The van der Waals surface area contributed by atoms with E-state index in [0.717, 1.165) is 10.9 Å². The number of aromatic nitrogens is 2. The minimum atomic E-state index is -0.329. The molecule has 0 fully saturated rings. The molecule has 2 amide bonds. The Morgan fingerprint density at radius 3 is 2.25 bits per heavy atom. The van der Waals surface area contributed by atoms with E-state index in [0.29, 0.717) is 0 Å². The van der Waals surface area contributed by atoms with Crippen LogP contribution < -0.4 is 5.32 Å². The molecule has 0 atom stereocenters. The first-order chi connectivity index (χ1) is 7.75. The lowest BCUT2D eigenvalue weighted by Gasteiger charge is -1.81. The maximum absolute atomic E-state index is 10.0. The molecule has 5 nitrogen and oxygen atoms in total. The van der Waals surface area contributed by atoms with Crippen molar-refractivity contribution in [3.05, 3.63) is 42.6 Å². The van der Waals surface area contributed by atoms with Crippen LogP contribution in [0.2, 0.25) is 0 Å². The van der Waals surface area contributed by atoms with Gasteiger partial charge in [0.1, 0.15) is 0 Å². The molecule has 1 aromatic heterocycles. The molecule has 0 bridgehead atoms. The summed E-state index contributed by atoms with van der Waals surface area (Å²) >= 11 is 0. The monoisotopic (exact) mass is 215 g/mol. The average molecular weight is 215 g/mol. The minimum absolute atomic E-state index is 0.329. The summed E-state index contributed by atoms with van der Waals surface area (Å²) in [5.41, 5.74) is 1.09. The van der Waals surface area contributed by atoms with Crippen LogP contribution in [0.3, 0.4) is 0 Å². The molecule has 80 valence electrons. The number of carbonyl (C=O) groups excluding carboxylic acids is 2. The van der Waals surface area contributed by atoms with E-state index in [1.54, 1.807) is 0 Å². The molecule has 2 N–H and O–H groups in total. The lowest BCUT2D eigenvalue weighted by Crippen LogP contribution is -2.19. The highest BCUT2D eigenvalue weighted by atomic mass is 16.2. The predicted octanol–water partition coefficient (Wildman–Crippen LogP) is 0.762. The number of hydrogen-bond donors (Lipinski definition) is 2. The summed E-state index contributed by atoms with van der Waals surface area (Å²) in [4.78, 5) is 20.1. The van der Waals surface area contributed by atoms with E-state index in [1.165, 1.54) is 12.2 Å². The van der Waals surface area contributed by atoms with Crippen LogP contribution in [0.4, 0.5) is 0 Å². The highest BCUT2D eigenvalue weighted by molar-refractivity contribution is 6.12. The zero-order valence-corrected chi connectivity index (χ0v) is 8.31. The molecule has 0 saturated heterocycles. The molecule has 0 unspecified atom stereocenters. The number of nitrogens with one attached hydrogen (secondary N) is 2. The normalized spacial score (nSPS) is 13.5. The molecule has 5 heteroatoms. The molecule has 0 spiro atoms. The number of fused-ring (bicyclic) bond motifs is 1. The fourth-order valence-corrected chi connectivity index (χ4v) is 1.24. The highest BCUT2D eigenvalue weighted by Gasteiger charge is 2.06. The first-order valence-electron chi connectivity index (χ1n) is 4.67. The van der Waals surface area contributed by atoms with Crippen molar-refractivity contribution >= 4 is 22.7 Å². The van der Waals surface area contributed by atoms with Gasteiger partial charge in [-0.15, -0.1) is 0 Å². The van der Waals surface area contributed by atoms with Crippen molar-refractivity contribution in [3.63, 3.8) is 0 Å². The number of para-hydroxylation sites is 1. The van der Waals surface area contributed by atoms with Crippen molar-refractivity contribution < 1.29 is 9.59 Å². The van der Waals surface area contributed by atoms with E-state index < -0.39 is 0 Å². The number of hydrogen-bond acceptors (Lipinski definition) is 3. The third kappa shape index (κ3) is 2.33. The van der Waals surface area contributed by atoms with Gasteiger partial charge in [0.05, 0.1) is 11.7 Å². The third-order valence-electron chi connectivity index (χ3n) is 1.98. The van der Waals surface area contributed by atoms with Crippen LogP contribution in [0.1, 0.15) is 0 Å². The Kier molecular flexibility index (Phi) is 2.77. The van der Waals surface area contributed by atoms with Crippen LogP contribution >= 0.6 is 0 Å². The first kappa shape index (κ1) is 10.1. The van der Waals surface area contributed by atoms with Crippen molar-refractivity contribution in [1.29, 1.82) is 0 Å². The van der Waals surface area contributed by atoms with Gasteiger partial charge in [-0.3, -0.25) is 20.0 Å². The second-order valence-corrected chi connectivity index (χ2v) is 3.14. The summed E-state index contributed by atoms with van der Waals surface area (Å²) in [6.45, 7) is 0. The second kappa shape index (κ2) is 4.39. The van der Waals surface area contributed by atoms with Gasteiger partial charge in [0.2, 0.25) is 0 Å². The molecule has 1 aromatic carbocycles. The number of benzene rings is 1. The maximum atomic E-state index is 10.0. The van der Waals surface area contributed by atoms with E-state index in [1.807, 2.05) is 35.8 Å². The summed E-state index contributed by atoms with van der Waals surface area (Å²) in [6.07, 6.45) is 4.21. The zero-order valence-electron chi connectivity index (χ0n) is 8.31. The quantitative estimate of drug-likeness (QED) is 0.637. The average Bonchev–Trinajstić information content (AvgIpc) is 2.88. The lowest BCUT2D eigenvalue weighted by molar-refractivity contribution is -0.123. The van der Waals surface area contributed by atoms with Crippen LogP contribution in [0.25, 0.3) is 10.9 Å². The molecule has 3 rings (SSSR count). The number of rotatable bonds is 0. The Labute approximate surface area is 91.2 Å². The van der Waals surface area contributed by atoms with Crippen LogP contribution in [-0.4, -0.2) is 22.0 Å². The predicted molar refractivity (Wildman–Crippen MR) is 58.4 cm³/mol. The van der Waals surface area contributed by atoms with Gasteiger partial charge in [-0.05, 0) is 6.07 Å². The minimum Gasteiger partial charge on any atom is -0.289 e.